The minimum Gasteiger partial charge on any atom is -0.480 e. The smallest absolute Gasteiger partial charge is 0.326 e. The fraction of sp³-hybridized carbons (Fsp3) is 0.833. The summed E-state index contributed by atoms with van der Waals surface area (Å²) in [6.45, 7) is 8.03. The van der Waals surface area contributed by atoms with Gasteiger partial charge in [-0.3, -0.25) is 4.79 Å². The van der Waals surface area contributed by atoms with E-state index in [1.165, 1.54) is 0 Å². The second-order valence-corrected chi connectivity index (χ2v) is 4.78. The van der Waals surface area contributed by atoms with Crippen molar-refractivity contribution in [3.8, 4) is 0 Å². The van der Waals surface area contributed by atoms with Crippen LogP contribution in [0.2, 0.25) is 0 Å². The van der Waals surface area contributed by atoms with Gasteiger partial charge in [0.1, 0.15) is 6.04 Å². The molecule has 0 bridgehead atoms. The molecule has 0 aliphatic rings. The van der Waals surface area contributed by atoms with Crippen LogP contribution >= 0.6 is 0 Å². The minimum atomic E-state index is -0.976. The van der Waals surface area contributed by atoms with Gasteiger partial charge in [-0.2, -0.15) is 0 Å². The number of carboxylic acid groups (broad SMARTS) is 1. The molecular formula is C12H24N2O3. The predicted octanol–water partition coefficient (Wildman–Crippen LogP) is 0.990. The first-order valence-electron chi connectivity index (χ1n) is 6.12. The Labute approximate surface area is 103 Å². The van der Waals surface area contributed by atoms with Gasteiger partial charge in [0.15, 0.2) is 0 Å². The fourth-order valence-corrected chi connectivity index (χ4v) is 1.35. The number of carboxylic acids is 1. The lowest BCUT2D eigenvalue weighted by Crippen LogP contribution is -2.46. The molecule has 0 heterocycles. The van der Waals surface area contributed by atoms with Crippen LogP contribution in [0.3, 0.4) is 0 Å². The first kappa shape index (κ1) is 15.9. The predicted molar refractivity (Wildman–Crippen MR) is 66.8 cm³/mol. The molecule has 5 nitrogen and oxygen atoms in total. The van der Waals surface area contributed by atoms with Crippen LogP contribution in [0, 0.1) is 5.92 Å². The lowest BCUT2D eigenvalue weighted by molar-refractivity contribution is -0.142. The zero-order valence-electron chi connectivity index (χ0n) is 11.1. The number of amides is 1. The molecule has 5 heteroatoms. The monoisotopic (exact) mass is 244 g/mol. The summed E-state index contributed by atoms with van der Waals surface area (Å²) in [6, 6.07) is -0.532. The average Bonchev–Trinajstić information content (AvgIpc) is 2.24. The lowest BCUT2D eigenvalue weighted by atomic mass is 10.0. The summed E-state index contributed by atoms with van der Waals surface area (Å²) >= 11 is 0. The van der Waals surface area contributed by atoms with Crippen molar-refractivity contribution in [2.75, 3.05) is 6.54 Å². The van der Waals surface area contributed by atoms with E-state index in [-0.39, 0.29) is 24.4 Å². The molecule has 0 saturated heterocycles. The first-order valence-corrected chi connectivity index (χ1v) is 6.12. The van der Waals surface area contributed by atoms with Crippen molar-refractivity contribution >= 4 is 11.9 Å². The molecule has 0 aromatic carbocycles. The maximum atomic E-state index is 11.5. The number of rotatable bonds is 8. The molecular weight excluding hydrogens is 220 g/mol. The Morgan fingerprint density at radius 1 is 1.24 bits per heavy atom. The highest BCUT2D eigenvalue weighted by Gasteiger charge is 2.20. The van der Waals surface area contributed by atoms with Gasteiger partial charge in [-0.1, -0.05) is 20.8 Å². The number of aliphatic carboxylic acids is 1. The quantitative estimate of drug-likeness (QED) is 0.595. The zero-order chi connectivity index (χ0) is 13.4. The molecule has 3 N–H and O–H groups in total. The third-order valence-electron chi connectivity index (χ3n) is 2.56. The van der Waals surface area contributed by atoms with Crippen molar-refractivity contribution in [2.24, 2.45) is 5.92 Å². The highest BCUT2D eigenvalue weighted by molar-refractivity contribution is 5.84. The average molecular weight is 244 g/mol. The van der Waals surface area contributed by atoms with Crippen LogP contribution < -0.4 is 10.6 Å². The summed E-state index contributed by atoms with van der Waals surface area (Å²) in [5, 5.41) is 14.5. The topological polar surface area (TPSA) is 78.4 Å². The van der Waals surface area contributed by atoms with Crippen molar-refractivity contribution in [1.29, 1.82) is 0 Å². The summed E-state index contributed by atoms with van der Waals surface area (Å²) in [6.07, 6.45) is 1.38. The minimum absolute atomic E-state index is 0.164. The van der Waals surface area contributed by atoms with E-state index in [0.717, 1.165) is 6.42 Å². The number of hydrogen-bond donors (Lipinski definition) is 3. The summed E-state index contributed by atoms with van der Waals surface area (Å²) < 4.78 is 0. The van der Waals surface area contributed by atoms with E-state index in [1.807, 2.05) is 27.7 Å². The molecule has 0 aromatic rings. The van der Waals surface area contributed by atoms with E-state index in [9.17, 15) is 9.59 Å². The normalized spacial score (nSPS) is 14.4. The van der Waals surface area contributed by atoms with Gasteiger partial charge in [0.25, 0.3) is 0 Å². The Morgan fingerprint density at radius 2 is 1.82 bits per heavy atom. The summed E-state index contributed by atoms with van der Waals surface area (Å²) in [5.74, 6) is -1.01. The van der Waals surface area contributed by atoms with Crippen LogP contribution in [0.15, 0.2) is 0 Å². The Hall–Kier alpha value is -1.10. The molecule has 1 amide bonds. The third kappa shape index (κ3) is 7.74. The Balaban J connectivity index is 4.08. The number of hydrogen-bond acceptors (Lipinski definition) is 3. The van der Waals surface area contributed by atoms with Gasteiger partial charge in [-0.25, -0.2) is 4.79 Å². The molecule has 17 heavy (non-hydrogen) atoms. The number of carbonyl (C=O) groups is 2. The fourth-order valence-electron chi connectivity index (χ4n) is 1.35. The molecule has 0 rings (SSSR count). The molecule has 0 aliphatic heterocycles. The van der Waals surface area contributed by atoms with Gasteiger partial charge < -0.3 is 15.7 Å². The second-order valence-electron chi connectivity index (χ2n) is 4.78. The lowest BCUT2D eigenvalue weighted by Gasteiger charge is -2.17. The van der Waals surface area contributed by atoms with E-state index in [1.54, 1.807) is 0 Å². The van der Waals surface area contributed by atoms with Crippen LogP contribution in [-0.2, 0) is 9.59 Å². The van der Waals surface area contributed by atoms with Gasteiger partial charge in [-0.05, 0) is 25.7 Å². The molecule has 100 valence electrons. The Morgan fingerprint density at radius 3 is 2.24 bits per heavy atom. The van der Waals surface area contributed by atoms with Crippen LogP contribution in [0.4, 0.5) is 0 Å². The first-order chi connectivity index (χ1) is 7.86. The van der Waals surface area contributed by atoms with Gasteiger partial charge in [0.2, 0.25) is 5.91 Å². The van der Waals surface area contributed by atoms with E-state index < -0.39 is 12.0 Å². The maximum Gasteiger partial charge on any atom is 0.326 e. The molecule has 2 atom stereocenters. The van der Waals surface area contributed by atoms with Gasteiger partial charge in [0.05, 0.1) is 6.54 Å². The molecule has 0 radical (unpaired) electrons. The number of nitrogens with one attached hydrogen (secondary N) is 2. The largest absolute Gasteiger partial charge is 0.480 e. The summed E-state index contributed by atoms with van der Waals surface area (Å²) in [5.41, 5.74) is 0. The summed E-state index contributed by atoms with van der Waals surface area (Å²) in [4.78, 5) is 22.5. The molecule has 0 saturated carbocycles. The molecule has 1 unspecified atom stereocenters. The summed E-state index contributed by atoms with van der Waals surface area (Å²) in [7, 11) is 0. The van der Waals surface area contributed by atoms with Crippen molar-refractivity contribution in [3.63, 3.8) is 0 Å². The standard InChI is InChI=1S/C12H24N2O3/c1-5-9(4)13-7-11(15)14-10(12(16)17)6-8(2)3/h8-10,13H,5-7H2,1-4H3,(H,14,15)(H,16,17)/t9?,10-/m0/s1. The van der Waals surface area contributed by atoms with Crippen molar-refractivity contribution in [2.45, 2.75) is 52.6 Å². The number of carbonyl (C=O) groups excluding carboxylic acids is 1. The van der Waals surface area contributed by atoms with Crippen molar-refractivity contribution in [1.82, 2.24) is 10.6 Å². The second kappa shape index (κ2) is 8.06. The molecule has 0 fully saturated rings. The van der Waals surface area contributed by atoms with Crippen LogP contribution in [0.5, 0.6) is 0 Å². The van der Waals surface area contributed by atoms with E-state index in [4.69, 9.17) is 5.11 Å². The SMILES string of the molecule is CCC(C)NCC(=O)N[C@@H](CC(C)C)C(=O)O. The van der Waals surface area contributed by atoms with Gasteiger partial charge in [-0.15, -0.1) is 0 Å². The highest BCUT2D eigenvalue weighted by atomic mass is 16.4. The Bertz CT molecular complexity index is 254. The van der Waals surface area contributed by atoms with E-state index in [2.05, 4.69) is 10.6 Å². The highest BCUT2D eigenvalue weighted by Crippen LogP contribution is 2.04. The van der Waals surface area contributed by atoms with Crippen LogP contribution in [0.25, 0.3) is 0 Å². The maximum absolute atomic E-state index is 11.5. The van der Waals surface area contributed by atoms with Crippen LogP contribution in [0.1, 0.15) is 40.5 Å². The zero-order valence-corrected chi connectivity index (χ0v) is 11.1. The molecule has 0 aromatic heterocycles. The van der Waals surface area contributed by atoms with E-state index >= 15 is 0 Å². The third-order valence-corrected chi connectivity index (χ3v) is 2.56. The van der Waals surface area contributed by atoms with Gasteiger partial charge in [0, 0.05) is 6.04 Å². The van der Waals surface area contributed by atoms with E-state index in [0.29, 0.717) is 6.42 Å². The van der Waals surface area contributed by atoms with Crippen molar-refractivity contribution < 1.29 is 14.7 Å². The van der Waals surface area contributed by atoms with Crippen molar-refractivity contribution in [3.05, 3.63) is 0 Å². The Kier molecular flexibility index (Phi) is 7.54. The molecule has 0 spiro atoms. The van der Waals surface area contributed by atoms with Gasteiger partial charge >= 0.3 is 5.97 Å². The van der Waals surface area contributed by atoms with Crippen LogP contribution in [-0.4, -0.2) is 35.6 Å². The molecule has 0 aliphatic carbocycles.